The summed E-state index contributed by atoms with van der Waals surface area (Å²) in [5.41, 5.74) is 3.50. The Morgan fingerprint density at radius 2 is 1.42 bits per heavy atom. The summed E-state index contributed by atoms with van der Waals surface area (Å²) < 4.78 is 0. The van der Waals surface area contributed by atoms with Crippen LogP contribution in [-0.4, -0.2) is 9.97 Å². The lowest BCUT2D eigenvalue weighted by molar-refractivity contribution is 0.469. The maximum atomic E-state index is 4.35. The number of hydrogen-bond acceptors (Lipinski definition) is 4. The van der Waals surface area contributed by atoms with Crippen molar-refractivity contribution in [3.8, 4) is 0 Å². The van der Waals surface area contributed by atoms with Crippen LogP contribution in [0.4, 0.5) is 0 Å². The van der Waals surface area contributed by atoms with E-state index in [1.54, 1.807) is 23.0 Å². The molecule has 2 nitrogen and oxygen atoms in total. The second kappa shape index (κ2) is 17.1. The van der Waals surface area contributed by atoms with Gasteiger partial charge in [0.25, 0.3) is 0 Å². The van der Waals surface area contributed by atoms with Crippen LogP contribution in [0.5, 0.6) is 0 Å². The third kappa shape index (κ3) is 21.3. The largest absolute Gasteiger partial charge is 0.253 e. The highest BCUT2D eigenvalue weighted by molar-refractivity contribution is 7.11. The van der Waals surface area contributed by atoms with E-state index in [-0.39, 0.29) is 0 Å². The summed E-state index contributed by atoms with van der Waals surface area (Å²) >= 11 is 3.41. The van der Waals surface area contributed by atoms with E-state index in [0.29, 0.717) is 11.3 Å². The molecule has 0 unspecified atom stereocenters. The summed E-state index contributed by atoms with van der Waals surface area (Å²) in [7, 11) is 0. The van der Waals surface area contributed by atoms with Crippen molar-refractivity contribution in [3.05, 3.63) is 32.7 Å². The van der Waals surface area contributed by atoms with Crippen LogP contribution in [-0.2, 0) is 0 Å². The van der Waals surface area contributed by atoms with E-state index in [1.165, 1.54) is 15.6 Å². The lowest BCUT2D eigenvalue weighted by Gasteiger charge is -2.05. The van der Waals surface area contributed by atoms with Gasteiger partial charge >= 0.3 is 0 Å². The number of thiazole rings is 2. The van der Waals surface area contributed by atoms with Crippen LogP contribution >= 0.6 is 22.7 Å². The standard InChI is InChI=1S/C8H13NS.C5H12.C3H3NS.2C2H6/c1-5(2)8-6(3)9-7(4)10-8;1-5(2,3)4;1-2-5-3-4-1;2*1-2/h5H,1-4H3;1-4H3;1-3H;2*1-2H3. The molecule has 0 spiro atoms. The summed E-state index contributed by atoms with van der Waals surface area (Å²) in [6, 6.07) is 0. The molecule has 0 atom stereocenters. The summed E-state index contributed by atoms with van der Waals surface area (Å²) in [6.45, 7) is 25.3. The van der Waals surface area contributed by atoms with E-state index in [0.717, 1.165) is 0 Å². The number of nitrogens with zero attached hydrogens (tertiary/aromatic N) is 2. The molecule has 0 aromatic carbocycles. The van der Waals surface area contributed by atoms with Gasteiger partial charge in [-0.3, -0.25) is 4.98 Å². The van der Waals surface area contributed by atoms with E-state index in [1.807, 2.05) is 44.4 Å². The first-order valence-corrected chi connectivity index (χ1v) is 10.6. The fourth-order valence-corrected chi connectivity index (χ4v) is 2.54. The van der Waals surface area contributed by atoms with Gasteiger partial charge in [-0.2, -0.15) is 0 Å². The number of aryl methyl sites for hydroxylation is 2. The number of hydrogen-bond donors (Lipinski definition) is 0. The molecule has 0 amide bonds. The van der Waals surface area contributed by atoms with Crippen molar-refractivity contribution < 1.29 is 0 Å². The first-order valence-electron chi connectivity index (χ1n) is 8.87. The van der Waals surface area contributed by atoms with Gasteiger partial charge in [0.2, 0.25) is 0 Å². The zero-order valence-corrected chi connectivity index (χ0v) is 19.7. The molecule has 0 saturated heterocycles. The molecular weight excluding hydrogens is 332 g/mol. The molecule has 0 aliphatic rings. The molecule has 2 aromatic heterocycles. The highest BCUT2D eigenvalue weighted by Crippen LogP contribution is 2.25. The Morgan fingerprint density at radius 1 is 0.958 bits per heavy atom. The van der Waals surface area contributed by atoms with Gasteiger partial charge < -0.3 is 0 Å². The highest BCUT2D eigenvalue weighted by Gasteiger charge is 2.07. The Bertz CT molecular complexity index is 429. The Balaban J connectivity index is -0.000000269. The minimum absolute atomic E-state index is 0.500. The van der Waals surface area contributed by atoms with Gasteiger partial charge in [0.1, 0.15) is 0 Å². The topological polar surface area (TPSA) is 25.8 Å². The first kappa shape index (κ1) is 28.1. The maximum Gasteiger partial charge on any atom is 0.0900 e. The van der Waals surface area contributed by atoms with Crippen LogP contribution in [0.3, 0.4) is 0 Å². The predicted molar refractivity (Wildman–Crippen MR) is 116 cm³/mol. The molecule has 24 heavy (non-hydrogen) atoms. The van der Waals surface area contributed by atoms with Crippen molar-refractivity contribution in [3.63, 3.8) is 0 Å². The maximum absolute atomic E-state index is 4.35. The summed E-state index contributed by atoms with van der Waals surface area (Å²) in [5, 5.41) is 3.11. The number of rotatable bonds is 1. The van der Waals surface area contributed by atoms with Crippen molar-refractivity contribution in [2.24, 2.45) is 5.41 Å². The minimum Gasteiger partial charge on any atom is -0.253 e. The van der Waals surface area contributed by atoms with Gasteiger partial charge in [-0.25, -0.2) is 4.98 Å². The van der Waals surface area contributed by atoms with E-state index >= 15 is 0 Å². The van der Waals surface area contributed by atoms with Gasteiger partial charge in [0, 0.05) is 16.5 Å². The molecule has 0 N–H and O–H groups in total. The van der Waals surface area contributed by atoms with Gasteiger partial charge in [-0.15, -0.1) is 22.7 Å². The van der Waals surface area contributed by atoms with Gasteiger partial charge in [-0.1, -0.05) is 69.2 Å². The first-order chi connectivity index (χ1) is 11.1. The third-order valence-corrected chi connectivity index (χ3v) is 3.71. The third-order valence-electron chi connectivity index (χ3n) is 1.81. The summed E-state index contributed by atoms with van der Waals surface area (Å²) in [4.78, 5) is 9.52. The lowest BCUT2D eigenvalue weighted by Crippen LogP contribution is -1.93. The molecule has 0 aliphatic carbocycles. The molecule has 0 saturated carbocycles. The Hall–Kier alpha value is -0.740. The van der Waals surface area contributed by atoms with Crippen molar-refractivity contribution in [1.82, 2.24) is 9.97 Å². The molecule has 0 bridgehead atoms. The van der Waals surface area contributed by atoms with E-state index in [4.69, 9.17) is 0 Å². The van der Waals surface area contributed by atoms with Crippen molar-refractivity contribution in [2.45, 2.75) is 89.0 Å². The summed E-state index contributed by atoms with van der Waals surface area (Å²) in [6.07, 6.45) is 1.77. The highest BCUT2D eigenvalue weighted by atomic mass is 32.1. The molecule has 2 aromatic rings. The van der Waals surface area contributed by atoms with E-state index in [2.05, 4.69) is 65.4 Å². The average Bonchev–Trinajstić information content (AvgIpc) is 3.14. The van der Waals surface area contributed by atoms with E-state index < -0.39 is 0 Å². The molecule has 4 heteroatoms. The van der Waals surface area contributed by atoms with Crippen molar-refractivity contribution in [1.29, 1.82) is 0 Å². The van der Waals surface area contributed by atoms with Gasteiger partial charge in [-0.05, 0) is 25.2 Å². The SMILES string of the molecule is CC.CC.CC(C)(C)C.Cc1nc(C)c(C(C)C)s1.c1cscn1. The van der Waals surface area contributed by atoms with E-state index in [9.17, 15) is 0 Å². The fraction of sp³-hybridized carbons (Fsp3) is 0.700. The molecule has 142 valence electrons. The Morgan fingerprint density at radius 3 is 1.54 bits per heavy atom. The van der Waals surface area contributed by atoms with Crippen LogP contribution in [0.2, 0.25) is 0 Å². The quantitative estimate of drug-likeness (QED) is 0.505. The molecular formula is C20H40N2S2. The second-order valence-electron chi connectivity index (χ2n) is 6.51. The van der Waals surface area contributed by atoms with Crippen LogP contribution < -0.4 is 0 Å². The van der Waals surface area contributed by atoms with Crippen LogP contribution in [0, 0.1) is 19.3 Å². The Labute approximate surface area is 159 Å². The zero-order valence-electron chi connectivity index (χ0n) is 18.0. The normalized spacial score (nSPS) is 9.21. The van der Waals surface area contributed by atoms with Gasteiger partial charge in [0.05, 0.1) is 16.2 Å². The Kier molecular flexibility index (Phi) is 20.0. The summed E-state index contributed by atoms with van der Waals surface area (Å²) in [5.74, 6) is 0.631. The second-order valence-corrected chi connectivity index (χ2v) is 8.50. The van der Waals surface area contributed by atoms with Crippen molar-refractivity contribution in [2.75, 3.05) is 0 Å². The minimum atomic E-state index is 0.500. The zero-order chi connectivity index (χ0) is 19.8. The molecule has 0 radical (unpaired) electrons. The molecule has 0 aliphatic heterocycles. The molecule has 2 rings (SSSR count). The fourth-order valence-electron chi connectivity index (χ4n) is 1.26. The molecule has 2 heterocycles. The van der Waals surface area contributed by atoms with Crippen LogP contribution in [0.25, 0.3) is 0 Å². The van der Waals surface area contributed by atoms with Crippen molar-refractivity contribution >= 4 is 22.7 Å². The monoisotopic (exact) mass is 372 g/mol. The predicted octanol–water partition coefficient (Wildman–Crippen LogP) is 8.13. The van der Waals surface area contributed by atoms with Crippen LogP contribution in [0.15, 0.2) is 17.1 Å². The average molecular weight is 373 g/mol. The number of aromatic nitrogens is 2. The molecule has 0 fully saturated rings. The van der Waals surface area contributed by atoms with Crippen LogP contribution in [0.1, 0.15) is 90.7 Å². The van der Waals surface area contributed by atoms with Gasteiger partial charge in [0.15, 0.2) is 0 Å². The smallest absolute Gasteiger partial charge is 0.0900 e. The lowest BCUT2D eigenvalue weighted by atomic mass is 10.0.